The van der Waals surface area contributed by atoms with Crippen LogP contribution in [0, 0.1) is 0 Å². The average Bonchev–Trinajstić information content (AvgIpc) is 3.27. The van der Waals surface area contributed by atoms with Crippen LogP contribution in [0.4, 0.5) is 10.5 Å². The molecule has 0 unspecified atom stereocenters. The van der Waals surface area contributed by atoms with Gasteiger partial charge >= 0.3 is 6.16 Å². The molecule has 144 valence electrons. The summed E-state index contributed by atoms with van der Waals surface area (Å²) < 4.78 is 9.50. The highest BCUT2D eigenvalue weighted by molar-refractivity contribution is 6.31. The van der Waals surface area contributed by atoms with Crippen molar-refractivity contribution in [2.45, 2.75) is 0 Å². The summed E-state index contributed by atoms with van der Waals surface area (Å²) in [6.07, 6.45) is -0.302. The molecule has 3 aromatic rings. The zero-order chi connectivity index (χ0) is 20.4. The number of amides is 2. The van der Waals surface area contributed by atoms with Gasteiger partial charge in [-0.3, -0.25) is 15.0 Å². The van der Waals surface area contributed by atoms with Gasteiger partial charge in [0.15, 0.2) is 0 Å². The Hall–Kier alpha value is -4.33. The highest BCUT2D eigenvalue weighted by atomic mass is 16.7. The van der Waals surface area contributed by atoms with Gasteiger partial charge in [-0.05, 0) is 35.4 Å². The van der Waals surface area contributed by atoms with Crippen molar-refractivity contribution < 1.29 is 28.6 Å². The van der Waals surface area contributed by atoms with Crippen molar-refractivity contribution in [3.63, 3.8) is 0 Å². The number of carbonyl (C=O) groups is 3. The SMILES string of the molecule is O=C(O)Oc1ccc(C=C2C(=O)NN(c3ccc(-c4ccccc4)cc3)C2=O)o1. The Bertz CT molecular complexity index is 1120. The molecule has 8 nitrogen and oxygen atoms in total. The van der Waals surface area contributed by atoms with Gasteiger partial charge in [-0.15, -0.1) is 0 Å². The molecule has 29 heavy (non-hydrogen) atoms. The van der Waals surface area contributed by atoms with E-state index >= 15 is 0 Å². The number of hydrogen-bond acceptors (Lipinski definition) is 5. The number of ether oxygens (including phenoxy) is 1. The number of carboxylic acid groups (broad SMARTS) is 1. The molecule has 4 rings (SSSR count). The normalized spacial score (nSPS) is 14.9. The average molecular weight is 390 g/mol. The predicted octanol–water partition coefficient (Wildman–Crippen LogP) is 3.46. The van der Waals surface area contributed by atoms with E-state index in [4.69, 9.17) is 9.52 Å². The summed E-state index contributed by atoms with van der Waals surface area (Å²) >= 11 is 0. The standard InChI is InChI=1S/C21H14N2O6/c24-19-17(12-16-10-11-18(28-16)29-21(26)27)20(25)23(22-19)15-8-6-14(7-9-15)13-4-2-1-3-5-13/h1-12H,(H,22,24)(H,26,27). The molecular weight excluding hydrogens is 376 g/mol. The Balaban J connectivity index is 1.55. The second-order valence-corrected chi connectivity index (χ2v) is 6.08. The minimum Gasteiger partial charge on any atom is -0.449 e. The van der Waals surface area contributed by atoms with Gasteiger partial charge in [0.25, 0.3) is 17.8 Å². The lowest BCUT2D eigenvalue weighted by Crippen LogP contribution is -2.35. The number of hydrazine groups is 1. The highest BCUT2D eigenvalue weighted by Gasteiger charge is 2.34. The molecule has 2 heterocycles. The first-order valence-corrected chi connectivity index (χ1v) is 8.54. The number of furan rings is 1. The second kappa shape index (κ2) is 7.35. The van der Waals surface area contributed by atoms with Crippen molar-refractivity contribution >= 4 is 29.7 Å². The maximum atomic E-state index is 12.7. The van der Waals surface area contributed by atoms with Crippen LogP contribution < -0.4 is 15.2 Å². The molecular formula is C21H14N2O6. The molecule has 2 N–H and O–H groups in total. The summed E-state index contributed by atoms with van der Waals surface area (Å²) in [6, 6.07) is 19.6. The molecule has 0 spiro atoms. The van der Waals surface area contributed by atoms with Crippen LogP contribution in [0.1, 0.15) is 5.76 Å². The van der Waals surface area contributed by atoms with Crippen LogP contribution in [-0.2, 0) is 9.59 Å². The van der Waals surface area contributed by atoms with Gasteiger partial charge in [0, 0.05) is 6.07 Å². The van der Waals surface area contributed by atoms with Crippen LogP contribution in [-0.4, -0.2) is 23.1 Å². The molecule has 1 aromatic heterocycles. The number of nitrogens with zero attached hydrogens (tertiary/aromatic N) is 1. The van der Waals surface area contributed by atoms with Crippen molar-refractivity contribution in [3.05, 3.63) is 78.1 Å². The Kier molecular flexibility index (Phi) is 4.58. The number of rotatable bonds is 4. The Morgan fingerprint density at radius 2 is 1.66 bits per heavy atom. The summed E-state index contributed by atoms with van der Waals surface area (Å²) in [5.74, 6) is -1.30. The van der Waals surface area contributed by atoms with Crippen molar-refractivity contribution in [2.24, 2.45) is 0 Å². The minimum absolute atomic E-state index is 0.112. The fraction of sp³-hybridized carbons (Fsp3) is 0. The Morgan fingerprint density at radius 3 is 2.34 bits per heavy atom. The molecule has 0 saturated carbocycles. The Labute approximate surface area is 164 Å². The maximum absolute atomic E-state index is 12.7. The molecule has 8 heteroatoms. The van der Waals surface area contributed by atoms with Gasteiger partial charge in [0.05, 0.1) is 5.69 Å². The fourth-order valence-corrected chi connectivity index (χ4v) is 2.87. The number of nitrogens with one attached hydrogen (secondary N) is 1. The Morgan fingerprint density at radius 1 is 0.966 bits per heavy atom. The number of anilines is 1. The number of carbonyl (C=O) groups excluding carboxylic acids is 2. The first-order valence-electron chi connectivity index (χ1n) is 8.54. The molecule has 1 aliphatic heterocycles. The largest absolute Gasteiger partial charge is 0.513 e. The van der Waals surface area contributed by atoms with E-state index in [1.165, 1.54) is 18.2 Å². The van der Waals surface area contributed by atoms with Gasteiger partial charge in [0.1, 0.15) is 11.3 Å². The lowest BCUT2D eigenvalue weighted by Gasteiger charge is -2.15. The summed E-state index contributed by atoms with van der Waals surface area (Å²) in [7, 11) is 0. The molecule has 1 fully saturated rings. The van der Waals surface area contributed by atoms with Crippen LogP contribution in [0.5, 0.6) is 5.95 Å². The van der Waals surface area contributed by atoms with Gasteiger partial charge < -0.3 is 14.3 Å². The third-order valence-corrected chi connectivity index (χ3v) is 4.20. The minimum atomic E-state index is -1.53. The first-order chi connectivity index (χ1) is 14.0. The van der Waals surface area contributed by atoms with Crippen LogP contribution >= 0.6 is 0 Å². The van der Waals surface area contributed by atoms with Crippen LogP contribution in [0.3, 0.4) is 0 Å². The van der Waals surface area contributed by atoms with Crippen molar-refractivity contribution in [3.8, 4) is 17.1 Å². The summed E-state index contributed by atoms with van der Waals surface area (Å²) in [4.78, 5) is 35.4. The summed E-state index contributed by atoms with van der Waals surface area (Å²) in [5.41, 5.74) is 4.87. The van der Waals surface area contributed by atoms with E-state index in [1.807, 2.05) is 42.5 Å². The first kappa shape index (κ1) is 18.1. The fourth-order valence-electron chi connectivity index (χ4n) is 2.87. The van der Waals surface area contributed by atoms with Gasteiger partial charge in [-0.25, -0.2) is 9.80 Å². The third kappa shape index (κ3) is 3.72. The van der Waals surface area contributed by atoms with Gasteiger partial charge in [-0.1, -0.05) is 42.5 Å². The van der Waals surface area contributed by atoms with E-state index in [0.29, 0.717) is 5.69 Å². The molecule has 0 radical (unpaired) electrons. The van der Waals surface area contributed by atoms with E-state index < -0.39 is 18.0 Å². The molecule has 1 saturated heterocycles. The zero-order valence-corrected chi connectivity index (χ0v) is 14.9. The highest BCUT2D eigenvalue weighted by Crippen LogP contribution is 2.26. The van der Waals surface area contributed by atoms with E-state index in [9.17, 15) is 14.4 Å². The smallest absolute Gasteiger partial charge is 0.449 e. The van der Waals surface area contributed by atoms with Crippen LogP contribution in [0.25, 0.3) is 17.2 Å². The molecule has 0 bridgehead atoms. The molecule has 2 aromatic carbocycles. The van der Waals surface area contributed by atoms with Crippen molar-refractivity contribution in [1.29, 1.82) is 0 Å². The van der Waals surface area contributed by atoms with E-state index in [2.05, 4.69) is 10.2 Å². The number of hydrogen-bond donors (Lipinski definition) is 2. The van der Waals surface area contributed by atoms with E-state index in [0.717, 1.165) is 16.1 Å². The molecule has 0 aliphatic carbocycles. The predicted molar refractivity (Wildman–Crippen MR) is 103 cm³/mol. The lowest BCUT2D eigenvalue weighted by molar-refractivity contribution is -0.117. The van der Waals surface area contributed by atoms with Crippen molar-refractivity contribution in [2.75, 3.05) is 5.01 Å². The zero-order valence-electron chi connectivity index (χ0n) is 14.9. The third-order valence-electron chi connectivity index (χ3n) is 4.20. The lowest BCUT2D eigenvalue weighted by atomic mass is 10.1. The monoisotopic (exact) mass is 390 g/mol. The molecule has 2 amide bonds. The number of benzene rings is 2. The van der Waals surface area contributed by atoms with Crippen LogP contribution in [0.15, 0.2) is 76.7 Å². The molecule has 0 atom stereocenters. The maximum Gasteiger partial charge on any atom is 0.513 e. The topological polar surface area (TPSA) is 109 Å². The molecule has 1 aliphatic rings. The second-order valence-electron chi connectivity index (χ2n) is 6.08. The van der Waals surface area contributed by atoms with Gasteiger partial charge in [0.2, 0.25) is 0 Å². The van der Waals surface area contributed by atoms with E-state index in [-0.39, 0.29) is 17.3 Å². The summed E-state index contributed by atoms with van der Waals surface area (Å²) in [6.45, 7) is 0. The summed E-state index contributed by atoms with van der Waals surface area (Å²) in [5, 5.41) is 9.71. The van der Waals surface area contributed by atoms with Crippen molar-refractivity contribution in [1.82, 2.24) is 5.43 Å². The van der Waals surface area contributed by atoms with E-state index in [1.54, 1.807) is 12.1 Å². The quantitative estimate of drug-likeness (QED) is 0.401. The van der Waals surface area contributed by atoms with Gasteiger partial charge in [-0.2, -0.15) is 0 Å². The van der Waals surface area contributed by atoms with Crippen LogP contribution in [0.2, 0.25) is 0 Å².